The van der Waals surface area contributed by atoms with Crippen molar-refractivity contribution in [3.63, 3.8) is 0 Å². The van der Waals surface area contributed by atoms with E-state index >= 15 is 0 Å². The Morgan fingerprint density at radius 3 is 1.82 bits per heavy atom. The molecule has 3 aromatic carbocycles. The molecule has 0 heterocycles. The van der Waals surface area contributed by atoms with E-state index in [-0.39, 0.29) is 11.8 Å². The van der Waals surface area contributed by atoms with Gasteiger partial charge >= 0.3 is 0 Å². The van der Waals surface area contributed by atoms with Gasteiger partial charge < -0.3 is 10.1 Å². The lowest BCUT2D eigenvalue weighted by Gasteiger charge is -2.34. The predicted octanol–water partition coefficient (Wildman–Crippen LogP) is 4.81. The number of methoxy groups -OCH3 is 1. The summed E-state index contributed by atoms with van der Waals surface area (Å²) in [6.07, 6.45) is 3.63. The van der Waals surface area contributed by atoms with Crippen LogP contribution in [0.4, 0.5) is 0 Å². The maximum Gasteiger partial charge on any atom is 0.251 e. The Morgan fingerprint density at radius 2 is 1.29 bits per heavy atom. The Hall–Kier alpha value is -3.48. The molecule has 0 unspecified atom stereocenters. The molecule has 6 nitrogen and oxygen atoms in total. The summed E-state index contributed by atoms with van der Waals surface area (Å²) in [5, 5.41) is 11.4. The number of unbranched alkanes of at least 4 members (excludes halogenated alkanes) is 3. The molecule has 0 fully saturated rings. The zero-order valence-corrected chi connectivity index (χ0v) is 19.5. The quantitative estimate of drug-likeness (QED) is 0.157. The third-order valence-corrected chi connectivity index (χ3v) is 5.96. The van der Waals surface area contributed by atoms with Crippen LogP contribution in [-0.4, -0.2) is 30.7 Å². The zero-order chi connectivity index (χ0) is 24.2. The number of hydrogen-bond acceptors (Lipinski definition) is 4. The number of rotatable bonds is 12. The molecule has 3 aromatic rings. The molecule has 0 saturated carbocycles. The number of ether oxygens (including phenoxy) is 1. The van der Waals surface area contributed by atoms with Crippen molar-refractivity contribution in [2.45, 2.75) is 37.7 Å². The van der Waals surface area contributed by atoms with Gasteiger partial charge in [-0.25, -0.2) is 5.48 Å². The lowest BCUT2D eigenvalue weighted by Crippen LogP contribution is -2.31. The van der Waals surface area contributed by atoms with Gasteiger partial charge in [0.15, 0.2) is 0 Å². The maximum atomic E-state index is 12.6. The molecule has 0 aliphatic carbocycles. The number of benzene rings is 3. The third-order valence-electron chi connectivity index (χ3n) is 5.96. The molecule has 0 aliphatic heterocycles. The van der Waals surface area contributed by atoms with Crippen molar-refractivity contribution in [3.8, 4) is 0 Å². The topological polar surface area (TPSA) is 87.7 Å². The van der Waals surface area contributed by atoms with Gasteiger partial charge in [-0.05, 0) is 41.7 Å². The van der Waals surface area contributed by atoms with E-state index in [1.165, 1.54) is 0 Å². The molecule has 0 spiro atoms. The van der Waals surface area contributed by atoms with Gasteiger partial charge in [0.2, 0.25) is 5.91 Å². The van der Waals surface area contributed by atoms with Crippen molar-refractivity contribution in [3.05, 3.63) is 107 Å². The van der Waals surface area contributed by atoms with Crippen LogP contribution >= 0.6 is 0 Å². The molecule has 0 bridgehead atoms. The monoisotopic (exact) mass is 460 g/mol. The van der Waals surface area contributed by atoms with Crippen LogP contribution < -0.4 is 10.8 Å². The fourth-order valence-electron chi connectivity index (χ4n) is 4.18. The number of hydrogen-bond donors (Lipinski definition) is 3. The second-order valence-electron chi connectivity index (χ2n) is 8.15. The highest BCUT2D eigenvalue weighted by molar-refractivity contribution is 5.94. The molecule has 2 amide bonds. The summed E-state index contributed by atoms with van der Waals surface area (Å²) in [5.41, 5.74) is 4.40. The van der Waals surface area contributed by atoms with Crippen LogP contribution in [0.2, 0.25) is 0 Å². The molecule has 34 heavy (non-hydrogen) atoms. The third kappa shape index (κ3) is 6.10. The molecule has 0 aromatic heterocycles. The highest BCUT2D eigenvalue weighted by Crippen LogP contribution is 2.39. The Morgan fingerprint density at radius 1 is 0.765 bits per heavy atom. The minimum absolute atomic E-state index is 0.117. The average Bonchev–Trinajstić information content (AvgIpc) is 2.90. The van der Waals surface area contributed by atoms with Crippen LogP contribution in [-0.2, 0) is 15.1 Å². The van der Waals surface area contributed by atoms with Crippen molar-refractivity contribution in [1.82, 2.24) is 10.8 Å². The SMILES string of the molecule is COC(c1ccccc1)(c1ccccc1)c1ccc(C(=O)NCCCCCCC(=O)NO)cc1. The van der Waals surface area contributed by atoms with Crippen molar-refractivity contribution in [1.29, 1.82) is 0 Å². The van der Waals surface area contributed by atoms with E-state index in [9.17, 15) is 9.59 Å². The summed E-state index contributed by atoms with van der Waals surface area (Å²) in [6.45, 7) is 0.572. The van der Waals surface area contributed by atoms with Gasteiger partial charge in [-0.15, -0.1) is 0 Å². The predicted molar refractivity (Wildman–Crippen MR) is 132 cm³/mol. The minimum Gasteiger partial charge on any atom is -0.364 e. The molecule has 6 heteroatoms. The first-order chi connectivity index (χ1) is 16.6. The summed E-state index contributed by atoms with van der Waals surface area (Å²) in [7, 11) is 1.71. The number of carbonyl (C=O) groups excluding carboxylic acids is 2. The first kappa shape index (κ1) is 25.1. The Bertz CT molecular complexity index is 998. The van der Waals surface area contributed by atoms with E-state index in [0.717, 1.165) is 36.0 Å². The Kier molecular flexibility index (Phi) is 9.38. The van der Waals surface area contributed by atoms with E-state index < -0.39 is 5.60 Å². The smallest absolute Gasteiger partial charge is 0.251 e. The first-order valence-corrected chi connectivity index (χ1v) is 11.6. The van der Waals surface area contributed by atoms with Gasteiger partial charge in [0, 0.05) is 25.6 Å². The number of amides is 2. The van der Waals surface area contributed by atoms with E-state index in [0.29, 0.717) is 24.9 Å². The fraction of sp³-hybridized carbons (Fsp3) is 0.286. The van der Waals surface area contributed by atoms with E-state index in [2.05, 4.69) is 5.32 Å². The van der Waals surface area contributed by atoms with Crippen molar-refractivity contribution < 1.29 is 19.5 Å². The van der Waals surface area contributed by atoms with E-state index in [4.69, 9.17) is 9.94 Å². The van der Waals surface area contributed by atoms with E-state index in [1.807, 2.05) is 84.9 Å². The van der Waals surface area contributed by atoms with Crippen LogP contribution in [0.15, 0.2) is 84.9 Å². The number of hydroxylamine groups is 1. The summed E-state index contributed by atoms with van der Waals surface area (Å²) in [5.74, 6) is -0.484. The molecular formula is C28H32N2O4. The largest absolute Gasteiger partial charge is 0.364 e. The van der Waals surface area contributed by atoms with Crippen LogP contribution in [0.5, 0.6) is 0 Å². The Balaban J connectivity index is 1.67. The highest BCUT2D eigenvalue weighted by atomic mass is 16.5. The van der Waals surface area contributed by atoms with Crippen molar-refractivity contribution >= 4 is 11.8 Å². The maximum absolute atomic E-state index is 12.6. The van der Waals surface area contributed by atoms with Gasteiger partial charge in [-0.3, -0.25) is 14.8 Å². The lowest BCUT2D eigenvalue weighted by molar-refractivity contribution is -0.129. The first-order valence-electron chi connectivity index (χ1n) is 11.6. The van der Waals surface area contributed by atoms with Crippen LogP contribution in [0.25, 0.3) is 0 Å². The van der Waals surface area contributed by atoms with Crippen LogP contribution in [0.1, 0.15) is 59.2 Å². The molecule has 178 valence electrons. The zero-order valence-electron chi connectivity index (χ0n) is 19.5. The fourth-order valence-corrected chi connectivity index (χ4v) is 4.18. The molecular weight excluding hydrogens is 428 g/mol. The average molecular weight is 461 g/mol. The van der Waals surface area contributed by atoms with E-state index in [1.54, 1.807) is 12.6 Å². The standard InChI is InChI=1S/C28H32N2O4/c1-34-28(23-12-6-4-7-13-23,24-14-8-5-9-15-24)25-19-17-22(18-20-25)27(32)29-21-11-3-2-10-16-26(31)30-33/h4-9,12-15,17-20,33H,2-3,10-11,16,21H2,1H3,(H,29,32)(H,30,31). The number of nitrogens with one attached hydrogen (secondary N) is 2. The van der Waals surface area contributed by atoms with Crippen LogP contribution in [0.3, 0.4) is 0 Å². The molecule has 0 atom stereocenters. The second kappa shape index (κ2) is 12.7. The van der Waals surface area contributed by atoms with Gasteiger partial charge in [0.1, 0.15) is 5.60 Å². The molecule has 3 rings (SSSR count). The van der Waals surface area contributed by atoms with Gasteiger partial charge in [-0.1, -0.05) is 85.6 Å². The van der Waals surface area contributed by atoms with Gasteiger partial charge in [0.05, 0.1) is 0 Å². The minimum atomic E-state index is -0.787. The highest BCUT2D eigenvalue weighted by Gasteiger charge is 2.36. The second-order valence-corrected chi connectivity index (χ2v) is 8.15. The lowest BCUT2D eigenvalue weighted by atomic mass is 9.80. The Labute approximate surface area is 200 Å². The van der Waals surface area contributed by atoms with Gasteiger partial charge in [0.25, 0.3) is 5.91 Å². The van der Waals surface area contributed by atoms with Gasteiger partial charge in [-0.2, -0.15) is 0 Å². The summed E-state index contributed by atoms with van der Waals surface area (Å²) in [4.78, 5) is 23.6. The summed E-state index contributed by atoms with van der Waals surface area (Å²) >= 11 is 0. The van der Waals surface area contributed by atoms with Crippen LogP contribution in [0, 0.1) is 0 Å². The molecule has 0 radical (unpaired) electrons. The molecule has 3 N–H and O–H groups in total. The summed E-state index contributed by atoms with van der Waals surface area (Å²) < 4.78 is 6.19. The number of carbonyl (C=O) groups is 2. The normalized spacial score (nSPS) is 11.1. The molecule has 0 aliphatic rings. The molecule has 0 saturated heterocycles. The summed E-state index contributed by atoms with van der Waals surface area (Å²) in [6, 6.07) is 27.7. The van der Waals surface area contributed by atoms with Crippen molar-refractivity contribution in [2.75, 3.05) is 13.7 Å². The van der Waals surface area contributed by atoms with Crippen molar-refractivity contribution in [2.24, 2.45) is 0 Å².